The summed E-state index contributed by atoms with van der Waals surface area (Å²) in [6, 6.07) is 2.19. The average molecular weight is 392 g/mol. The maximum atomic E-state index is 12.7. The lowest BCUT2D eigenvalue weighted by molar-refractivity contribution is -0.137. The van der Waals surface area contributed by atoms with Crippen molar-refractivity contribution in [2.75, 3.05) is 20.1 Å². The topological polar surface area (TPSA) is 71.8 Å². The first-order valence-electron chi connectivity index (χ1n) is 7.80. The molecule has 2 rings (SSSR count). The van der Waals surface area contributed by atoms with Crippen molar-refractivity contribution in [2.24, 2.45) is 0 Å². The lowest BCUT2D eigenvalue weighted by Crippen LogP contribution is -2.31. The van der Waals surface area contributed by atoms with Crippen LogP contribution in [0.2, 0.25) is 0 Å². The average Bonchev–Trinajstić information content (AvgIpc) is 2.99. The van der Waals surface area contributed by atoms with E-state index in [-0.39, 0.29) is 30.0 Å². The molecule has 2 heterocycles. The molecule has 0 aromatic carbocycles. The van der Waals surface area contributed by atoms with E-state index in [0.29, 0.717) is 24.3 Å². The molecular formula is C16H21ClF3N5O. The Bertz CT molecular complexity index is 728. The van der Waals surface area contributed by atoms with Gasteiger partial charge in [0.15, 0.2) is 5.82 Å². The number of hydrogen-bond acceptors (Lipinski definition) is 4. The SMILES string of the molecule is CNCCNC(=O)c1cnn(-c2ccc(C(F)(F)F)cn2)c1C(C)C.Cl. The van der Waals surface area contributed by atoms with Gasteiger partial charge in [-0.2, -0.15) is 18.3 Å². The molecule has 2 N–H and O–H groups in total. The Morgan fingerprint density at radius 2 is 1.92 bits per heavy atom. The van der Waals surface area contributed by atoms with Crippen LogP contribution in [0.5, 0.6) is 0 Å². The van der Waals surface area contributed by atoms with E-state index in [1.165, 1.54) is 16.9 Å². The summed E-state index contributed by atoms with van der Waals surface area (Å²) in [6.45, 7) is 4.83. The van der Waals surface area contributed by atoms with Crippen LogP contribution in [0.1, 0.15) is 41.4 Å². The molecule has 0 aliphatic carbocycles. The molecule has 26 heavy (non-hydrogen) atoms. The Hall–Kier alpha value is -2.13. The summed E-state index contributed by atoms with van der Waals surface area (Å²) in [7, 11) is 1.78. The standard InChI is InChI=1S/C16H20F3N5O.ClH/c1-10(2)14-12(15(25)21-7-6-20-3)9-23-24(14)13-5-4-11(8-22-13)16(17,18)19;/h4-5,8-10,20H,6-7H2,1-3H3,(H,21,25);1H. The Balaban J connectivity index is 0.00000338. The summed E-state index contributed by atoms with van der Waals surface area (Å²) in [4.78, 5) is 16.2. The first kappa shape index (κ1) is 21.9. The molecule has 0 aliphatic heterocycles. The van der Waals surface area contributed by atoms with Crippen molar-refractivity contribution in [3.8, 4) is 5.82 Å². The van der Waals surface area contributed by atoms with Gasteiger partial charge in [0, 0.05) is 19.3 Å². The highest BCUT2D eigenvalue weighted by Crippen LogP contribution is 2.29. The van der Waals surface area contributed by atoms with Crippen LogP contribution < -0.4 is 10.6 Å². The van der Waals surface area contributed by atoms with Gasteiger partial charge in [0.25, 0.3) is 5.91 Å². The summed E-state index contributed by atoms with van der Waals surface area (Å²) in [5.41, 5.74) is 0.140. The van der Waals surface area contributed by atoms with Crippen LogP contribution >= 0.6 is 12.4 Å². The lowest BCUT2D eigenvalue weighted by atomic mass is 10.1. The van der Waals surface area contributed by atoms with E-state index in [1.807, 2.05) is 13.8 Å². The number of carbonyl (C=O) groups excluding carboxylic acids is 1. The molecule has 0 saturated heterocycles. The number of nitrogens with zero attached hydrogens (tertiary/aromatic N) is 3. The zero-order chi connectivity index (χ0) is 18.6. The molecule has 2 aromatic heterocycles. The van der Waals surface area contributed by atoms with Gasteiger partial charge in [-0.1, -0.05) is 13.8 Å². The van der Waals surface area contributed by atoms with Crippen molar-refractivity contribution in [3.05, 3.63) is 41.3 Å². The van der Waals surface area contributed by atoms with Crippen LogP contribution in [0.3, 0.4) is 0 Å². The van der Waals surface area contributed by atoms with E-state index in [1.54, 1.807) is 7.05 Å². The van der Waals surface area contributed by atoms with Crippen molar-refractivity contribution in [2.45, 2.75) is 25.9 Å². The number of hydrogen-bond donors (Lipinski definition) is 2. The van der Waals surface area contributed by atoms with Crippen molar-refractivity contribution >= 4 is 18.3 Å². The summed E-state index contributed by atoms with van der Waals surface area (Å²) in [5.74, 6) is -0.125. The van der Waals surface area contributed by atoms with Crippen LogP contribution in [-0.4, -0.2) is 40.8 Å². The molecule has 0 bridgehead atoms. The maximum Gasteiger partial charge on any atom is 0.417 e. The smallest absolute Gasteiger partial charge is 0.351 e. The van der Waals surface area contributed by atoms with Crippen LogP contribution in [0.4, 0.5) is 13.2 Å². The van der Waals surface area contributed by atoms with Crippen molar-refractivity contribution in [1.82, 2.24) is 25.4 Å². The number of halogens is 4. The van der Waals surface area contributed by atoms with Gasteiger partial charge in [0.1, 0.15) is 0 Å². The molecule has 0 aliphatic rings. The fourth-order valence-electron chi connectivity index (χ4n) is 2.35. The number of likely N-dealkylation sites (N-methyl/N-ethyl adjacent to an activating group) is 1. The molecule has 0 spiro atoms. The zero-order valence-electron chi connectivity index (χ0n) is 14.6. The third-order valence-corrected chi connectivity index (χ3v) is 3.55. The predicted molar refractivity (Wildman–Crippen MR) is 94.0 cm³/mol. The summed E-state index contributed by atoms with van der Waals surface area (Å²) in [6.07, 6.45) is -2.29. The highest BCUT2D eigenvalue weighted by Gasteiger charge is 2.31. The molecule has 0 unspecified atom stereocenters. The second kappa shape index (κ2) is 9.00. The second-order valence-corrected chi connectivity index (χ2v) is 5.77. The molecule has 0 atom stereocenters. The normalized spacial score (nSPS) is 11.3. The minimum atomic E-state index is -4.45. The minimum Gasteiger partial charge on any atom is -0.351 e. The van der Waals surface area contributed by atoms with Gasteiger partial charge in [-0.3, -0.25) is 4.79 Å². The number of nitrogens with one attached hydrogen (secondary N) is 2. The first-order valence-corrected chi connectivity index (χ1v) is 7.80. The molecular weight excluding hydrogens is 371 g/mol. The lowest BCUT2D eigenvalue weighted by Gasteiger charge is -2.13. The first-order chi connectivity index (χ1) is 11.8. The van der Waals surface area contributed by atoms with Gasteiger partial charge in [-0.15, -0.1) is 12.4 Å². The third-order valence-electron chi connectivity index (χ3n) is 3.55. The largest absolute Gasteiger partial charge is 0.417 e. The molecule has 10 heteroatoms. The maximum absolute atomic E-state index is 12.7. The van der Waals surface area contributed by atoms with E-state index < -0.39 is 11.7 Å². The Morgan fingerprint density at radius 3 is 2.42 bits per heavy atom. The summed E-state index contributed by atoms with van der Waals surface area (Å²) >= 11 is 0. The number of carbonyl (C=O) groups is 1. The van der Waals surface area contributed by atoms with Crippen molar-refractivity contribution in [1.29, 1.82) is 0 Å². The summed E-state index contributed by atoms with van der Waals surface area (Å²) in [5, 5.41) is 9.83. The van der Waals surface area contributed by atoms with E-state index in [9.17, 15) is 18.0 Å². The van der Waals surface area contributed by atoms with Gasteiger partial charge in [-0.25, -0.2) is 9.67 Å². The fraction of sp³-hybridized carbons (Fsp3) is 0.438. The number of amides is 1. The van der Waals surface area contributed by atoms with Crippen LogP contribution in [-0.2, 0) is 6.18 Å². The van der Waals surface area contributed by atoms with Gasteiger partial charge in [-0.05, 0) is 25.1 Å². The van der Waals surface area contributed by atoms with Gasteiger partial charge in [0.05, 0.1) is 23.0 Å². The number of alkyl halides is 3. The molecule has 0 fully saturated rings. The number of rotatable bonds is 6. The molecule has 0 saturated carbocycles. The molecule has 144 valence electrons. The summed E-state index contributed by atoms with van der Waals surface area (Å²) < 4.78 is 39.4. The van der Waals surface area contributed by atoms with Crippen molar-refractivity contribution in [3.63, 3.8) is 0 Å². The van der Waals surface area contributed by atoms with Gasteiger partial charge in [0.2, 0.25) is 0 Å². The molecule has 0 radical (unpaired) electrons. The highest BCUT2D eigenvalue weighted by atomic mass is 35.5. The van der Waals surface area contributed by atoms with E-state index >= 15 is 0 Å². The van der Waals surface area contributed by atoms with E-state index in [2.05, 4.69) is 20.7 Å². The van der Waals surface area contributed by atoms with Gasteiger partial charge >= 0.3 is 6.18 Å². The fourth-order valence-corrected chi connectivity index (χ4v) is 2.35. The highest BCUT2D eigenvalue weighted by molar-refractivity contribution is 5.95. The van der Waals surface area contributed by atoms with Crippen LogP contribution in [0, 0.1) is 0 Å². The molecule has 1 amide bonds. The van der Waals surface area contributed by atoms with E-state index in [0.717, 1.165) is 12.3 Å². The minimum absolute atomic E-state index is 0. The van der Waals surface area contributed by atoms with Crippen molar-refractivity contribution < 1.29 is 18.0 Å². The van der Waals surface area contributed by atoms with Gasteiger partial charge < -0.3 is 10.6 Å². The zero-order valence-corrected chi connectivity index (χ0v) is 15.4. The van der Waals surface area contributed by atoms with E-state index in [4.69, 9.17) is 0 Å². The predicted octanol–water partition coefficient (Wildman–Crippen LogP) is 2.78. The number of pyridine rings is 1. The Kier molecular flexibility index (Phi) is 7.58. The second-order valence-electron chi connectivity index (χ2n) is 5.77. The third kappa shape index (κ3) is 4.95. The molecule has 6 nitrogen and oxygen atoms in total. The Morgan fingerprint density at radius 1 is 1.23 bits per heavy atom. The Labute approximate surface area is 155 Å². The monoisotopic (exact) mass is 391 g/mol. The molecule has 2 aromatic rings. The number of aromatic nitrogens is 3. The van der Waals surface area contributed by atoms with Crippen LogP contribution in [0.15, 0.2) is 24.5 Å². The van der Waals surface area contributed by atoms with Crippen LogP contribution in [0.25, 0.3) is 5.82 Å². The quantitative estimate of drug-likeness (QED) is 0.743.